The maximum Gasteiger partial charge on any atom is 0 e. The maximum atomic E-state index is 0. The van der Waals surface area contributed by atoms with Crippen molar-refractivity contribution in [3.63, 3.8) is 0 Å². The van der Waals surface area contributed by atoms with Crippen LogP contribution in [0.5, 0.6) is 0 Å². The molecule has 14 N–H and O–H groups in total. The fourth-order valence-electron chi connectivity index (χ4n) is 0. The molecule has 1 radical (unpaired) electrons. The summed E-state index contributed by atoms with van der Waals surface area (Å²) in [6.45, 7) is 0. The van der Waals surface area contributed by atoms with Gasteiger partial charge in [0, 0.05) is 36.5 Å². The van der Waals surface area contributed by atoms with E-state index in [4.69, 9.17) is 0 Å². The van der Waals surface area contributed by atoms with Gasteiger partial charge in [-0.3, -0.25) is 0 Å². The molecule has 0 heterocycles. The van der Waals surface area contributed by atoms with Gasteiger partial charge in [-0.05, 0) is 0 Å². The molecule has 0 aromatic carbocycles. The third-order valence-electron chi connectivity index (χ3n) is 0. The van der Waals surface area contributed by atoms with Crippen LogP contribution in [-0.2, 0) is 36.5 Å². The van der Waals surface area contributed by atoms with Crippen LogP contribution < -0.4 is 0 Å². The number of hydrogen-bond acceptors (Lipinski definition) is 0. The number of hydrogen-bond donors (Lipinski definition) is 0. The van der Waals surface area contributed by atoms with Gasteiger partial charge in [-0.25, -0.2) is 0 Å². The summed E-state index contributed by atoms with van der Waals surface area (Å²) in [7, 11) is 0. The van der Waals surface area contributed by atoms with Gasteiger partial charge in [0.1, 0.15) is 0 Å². The first-order chi connectivity index (χ1) is 0. The van der Waals surface area contributed by atoms with Gasteiger partial charge >= 0.3 is 0 Å². The standard InChI is InChI=1S/Cu.7H2O.Zn/h;7*1H2;. The maximum absolute atomic E-state index is 0. The van der Waals surface area contributed by atoms with Crippen molar-refractivity contribution in [2.75, 3.05) is 0 Å². The summed E-state index contributed by atoms with van der Waals surface area (Å²) in [6.07, 6.45) is 0. The van der Waals surface area contributed by atoms with E-state index in [1.54, 1.807) is 0 Å². The zero-order valence-corrected chi connectivity index (χ0v) is 8.42. The summed E-state index contributed by atoms with van der Waals surface area (Å²) in [5.74, 6) is 0. The Bertz CT molecular complexity index is 8.88. The average Bonchev–Trinajstić information content (AvgIpc) is 0. The van der Waals surface area contributed by atoms with Crippen molar-refractivity contribution in [2.45, 2.75) is 0 Å². The Morgan fingerprint density at radius 3 is 0.333 bits per heavy atom. The molecule has 0 rings (SSSR count). The van der Waals surface area contributed by atoms with Gasteiger partial charge in [0.05, 0.1) is 0 Å². The molecular formula is H14CuO7Zn. The van der Waals surface area contributed by atoms with Crippen LogP contribution in [0.3, 0.4) is 0 Å². The molecule has 9 heavy (non-hydrogen) atoms. The van der Waals surface area contributed by atoms with E-state index in [0.717, 1.165) is 0 Å². The van der Waals surface area contributed by atoms with E-state index >= 15 is 0 Å². The molecular weight excluding hydrogens is 241 g/mol. The van der Waals surface area contributed by atoms with Crippen LogP contribution in [0, 0.1) is 0 Å². The van der Waals surface area contributed by atoms with Gasteiger partial charge in [-0.2, -0.15) is 0 Å². The monoisotopic (exact) mass is 253 g/mol. The summed E-state index contributed by atoms with van der Waals surface area (Å²) in [4.78, 5) is 0. The van der Waals surface area contributed by atoms with Gasteiger partial charge in [-0.1, -0.05) is 0 Å². The molecule has 0 unspecified atom stereocenters. The van der Waals surface area contributed by atoms with Crippen molar-refractivity contribution in [3.8, 4) is 0 Å². The molecule has 0 aromatic heterocycles. The SMILES string of the molecule is O.O.O.O.O.O.O.[Cu].[Zn]. The third kappa shape index (κ3) is 561. The van der Waals surface area contributed by atoms with E-state index in [1.807, 2.05) is 0 Å². The zero-order chi connectivity index (χ0) is 0. The van der Waals surface area contributed by atoms with Crippen molar-refractivity contribution < 1.29 is 74.9 Å². The molecule has 0 saturated carbocycles. The summed E-state index contributed by atoms with van der Waals surface area (Å²) in [6, 6.07) is 0. The molecule has 0 aromatic rings. The molecule has 0 aliphatic carbocycles. The van der Waals surface area contributed by atoms with E-state index in [9.17, 15) is 0 Å². The van der Waals surface area contributed by atoms with Crippen molar-refractivity contribution in [3.05, 3.63) is 0 Å². The first-order valence-corrected chi connectivity index (χ1v) is 0. The fourth-order valence-corrected chi connectivity index (χ4v) is 0. The minimum atomic E-state index is 0. The Kier molecular flexibility index (Phi) is 85100. The van der Waals surface area contributed by atoms with Crippen LogP contribution in [0.15, 0.2) is 0 Å². The Morgan fingerprint density at radius 2 is 0.333 bits per heavy atom. The Morgan fingerprint density at radius 1 is 0.333 bits per heavy atom. The summed E-state index contributed by atoms with van der Waals surface area (Å²) in [5, 5.41) is 0. The summed E-state index contributed by atoms with van der Waals surface area (Å²) < 4.78 is 0. The molecule has 7 nitrogen and oxygen atoms in total. The van der Waals surface area contributed by atoms with Crippen LogP contribution in [0.1, 0.15) is 0 Å². The minimum Gasteiger partial charge on any atom is -0.412 e. The largest absolute Gasteiger partial charge is 0.412 e. The molecule has 0 fully saturated rings. The van der Waals surface area contributed by atoms with Gasteiger partial charge in [0.15, 0.2) is 0 Å². The zero-order valence-electron chi connectivity index (χ0n) is 4.51. The molecule has 0 amide bonds. The topological polar surface area (TPSA) is 220 Å². The van der Waals surface area contributed by atoms with E-state index in [1.165, 1.54) is 0 Å². The second-order valence-corrected chi connectivity index (χ2v) is 0. The first kappa shape index (κ1) is 1040. The molecule has 0 spiro atoms. The molecule has 0 saturated heterocycles. The van der Waals surface area contributed by atoms with E-state index in [0.29, 0.717) is 0 Å². The van der Waals surface area contributed by atoms with Crippen molar-refractivity contribution >= 4 is 0 Å². The van der Waals surface area contributed by atoms with Gasteiger partial charge in [-0.15, -0.1) is 0 Å². The summed E-state index contributed by atoms with van der Waals surface area (Å²) >= 11 is 0. The average molecular weight is 255 g/mol. The van der Waals surface area contributed by atoms with Gasteiger partial charge in [0.25, 0.3) is 0 Å². The second-order valence-electron chi connectivity index (χ2n) is 0. The van der Waals surface area contributed by atoms with Crippen molar-refractivity contribution in [1.29, 1.82) is 0 Å². The van der Waals surface area contributed by atoms with Gasteiger partial charge in [0.2, 0.25) is 0 Å². The van der Waals surface area contributed by atoms with E-state index in [-0.39, 0.29) is 74.9 Å². The third-order valence-corrected chi connectivity index (χ3v) is 0. The predicted octanol–water partition coefficient (Wildman–Crippen LogP) is -5.78. The van der Waals surface area contributed by atoms with Crippen LogP contribution in [0.2, 0.25) is 0 Å². The smallest absolute Gasteiger partial charge is 0 e. The van der Waals surface area contributed by atoms with Crippen LogP contribution in [-0.4, -0.2) is 38.3 Å². The van der Waals surface area contributed by atoms with Gasteiger partial charge < -0.3 is 38.3 Å². The molecule has 69 valence electrons. The van der Waals surface area contributed by atoms with Crippen LogP contribution in [0.25, 0.3) is 0 Å². The number of rotatable bonds is 0. The Labute approximate surface area is 75.2 Å². The second kappa shape index (κ2) is 736. The molecule has 0 bridgehead atoms. The molecule has 0 aliphatic heterocycles. The summed E-state index contributed by atoms with van der Waals surface area (Å²) in [5.41, 5.74) is 0. The minimum absolute atomic E-state index is 0. The Hall–Kier alpha value is 0.863. The van der Waals surface area contributed by atoms with Crippen molar-refractivity contribution in [2.24, 2.45) is 0 Å². The fraction of sp³-hybridized carbons (Fsp3) is 0. The quantitative estimate of drug-likeness (QED) is 0.369. The Balaban J connectivity index is 0. The molecule has 0 aliphatic rings. The normalized spacial score (nSPS) is 0. The van der Waals surface area contributed by atoms with Crippen LogP contribution >= 0.6 is 0 Å². The first-order valence-electron chi connectivity index (χ1n) is 0. The van der Waals surface area contributed by atoms with Crippen LogP contribution in [0.4, 0.5) is 0 Å². The van der Waals surface area contributed by atoms with E-state index in [2.05, 4.69) is 0 Å². The molecule has 0 atom stereocenters. The molecule has 9 heteroatoms. The van der Waals surface area contributed by atoms with E-state index < -0.39 is 0 Å². The van der Waals surface area contributed by atoms with Crippen molar-refractivity contribution in [1.82, 2.24) is 0 Å². The predicted molar refractivity (Wildman–Crippen MR) is 25.3 cm³/mol.